The van der Waals surface area contributed by atoms with E-state index in [0.29, 0.717) is 25.3 Å². The minimum absolute atomic E-state index is 0.0762. The van der Waals surface area contributed by atoms with Crippen LogP contribution in [0.3, 0.4) is 0 Å². The molecule has 3 unspecified atom stereocenters. The van der Waals surface area contributed by atoms with E-state index in [2.05, 4.69) is 0 Å². The van der Waals surface area contributed by atoms with Crippen molar-refractivity contribution in [2.24, 2.45) is 0 Å². The van der Waals surface area contributed by atoms with Gasteiger partial charge in [0.1, 0.15) is 6.04 Å². The van der Waals surface area contributed by atoms with Gasteiger partial charge < -0.3 is 15.1 Å². The Morgan fingerprint density at radius 2 is 2.16 bits per heavy atom. The number of piperidine rings is 1. The first-order chi connectivity index (χ1) is 9.04. The highest BCUT2D eigenvalue weighted by Crippen LogP contribution is 2.32. The number of amides is 2. The highest BCUT2D eigenvalue weighted by molar-refractivity contribution is 8.00. The van der Waals surface area contributed by atoms with Crippen LogP contribution in [0.15, 0.2) is 0 Å². The number of hydrogen-bond donors (Lipinski definition) is 2. The molecule has 0 radical (unpaired) electrons. The van der Waals surface area contributed by atoms with Crippen LogP contribution in [-0.4, -0.2) is 68.4 Å². The first-order valence-corrected chi connectivity index (χ1v) is 7.69. The minimum atomic E-state index is -0.950. The average Bonchev–Trinajstić information content (AvgIpc) is 2.81. The average molecular weight is 288 g/mol. The molecular formula is C12H20N2O4S. The summed E-state index contributed by atoms with van der Waals surface area (Å²) >= 11 is 1.52. The molecule has 0 aromatic rings. The zero-order valence-corrected chi connectivity index (χ0v) is 11.8. The molecule has 7 heteroatoms. The zero-order valence-electron chi connectivity index (χ0n) is 11.0. The van der Waals surface area contributed by atoms with Crippen LogP contribution in [0, 0.1) is 0 Å². The molecule has 0 aromatic carbocycles. The summed E-state index contributed by atoms with van der Waals surface area (Å²) in [7, 11) is 0. The summed E-state index contributed by atoms with van der Waals surface area (Å²) in [5.41, 5.74) is 0. The van der Waals surface area contributed by atoms with Crippen molar-refractivity contribution in [3.63, 3.8) is 0 Å². The molecular weight excluding hydrogens is 268 g/mol. The van der Waals surface area contributed by atoms with Crippen molar-refractivity contribution in [2.75, 3.05) is 18.8 Å². The monoisotopic (exact) mass is 288 g/mol. The van der Waals surface area contributed by atoms with E-state index in [4.69, 9.17) is 0 Å². The number of urea groups is 1. The Labute approximate surface area is 116 Å². The molecule has 2 fully saturated rings. The number of aliphatic hydroxyl groups is 1. The summed E-state index contributed by atoms with van der Waals surface area (Å²) in [6.07, 6.45) is 1.72. The lowest BCUT2D eigenvalue weighted by molar-refractivity contribution is -0.141. The van der Waals surface area contributed by atoms with Gasteiger partial charge in [0.15, 0.2) is 0 Å². The van der Waals surface area contributed by atoms with Crippen LogP contribution in [0.4, 0.5) is 4.79 Å². The van der Waals surface area contributed by atoms with Gasteiger partial charge in [-0.3, -0.25) is 4.90 Å². The predicted octanol–water partition coefficient (Wildman–Crippen LogP) is 0.801. The van der Waals surface area contributed by atoms with E-state index in [9.17, 15) is 19.8 Å². The van der Waals surface area contributed by atoms with E-state index in [-0.39, 0.29) is 11.4 Å². The fraction of sp³-hybridized carbons (Fsp3) is 0.833. The summed E-state index contributed by atoms with van der Waals surface area (Å²) in [5, 5.41) is 18.8. The molecule has 0 aliphatic carbocycles. The maximum absolute atomic E-state index is 12.5. The summed E-state index contributed by atoms with van der Waals surface area (Å²) in [4.78, 5) is 26.8. The number of hydrogen-bond acceptors (Lipinski definition) is 4. The number of nitrogens with zero attached hydrogens (tertiary/aromatic N) is 2. The lowest BCUT2D eigenvalue weighted by Crippen LogP contribution is -2.54. The van der Waals surface area contributed by atoms with Gasteiger partial charge in [-0.1, -0.05) is 6.92 Å². The number of carbonyl (C=O) groups excluding carboxylic acids is 1. The molecule has 108 valence electrons. The molecule has 3 atom stereocenters. The quantitative estimate of drug-likeness (QED) is 0.785. The molecule has 19 heavy (non-hydrogen) atoms. The molecule has 0 bridgehead atoms. The van der Waals surface area contributed by atoms with Gasteiger partial charge in [0.05, 0.1) is 11.5 Å². The number of aliphatic carboxylic acids is 1. The van der Waals surface area contributed by atoms with Gasteiger partial charge in [0, 0.05) is 18.8 Å². The number of thioether (sulfide) groups is 1. The Bertz CT molecular complexity index is 366. The molecule has 2 amide bonds. The van der Waals surface area contributed by atoms with E-state index in [1.165, 1.54) is 16.7 Å². The maximum Gasteiger partial charge on any atom is 0.327 e. The number of rotatable bonds is 2. The number of aliphatic hydroxyl groups excluding tert-OH is 1. The van der Waals surface area contributed by atoms with E-state index in [1.54, 1.807) is 4.90 Å². The third-order valence-corrected chi connectivity index (χ3v) is 5.07. The summed E-state index contributed by atoms with van der Waals surface area (Å²) < 4.78 is 0. The smallest absolute Gasteiger partial charge is 0.327 e. The second kappa shape index (κ2) is 6.00. The molecule has 0 saturated carbocycles. The number of carboxylic acid groups (broad SMARTS) is 1. The van der Waals surface area contributed by atoms with Crippen molar-refractivity contribution < 1.29 is 19.8 Å². The van der Waals surface area contributed by atoms with Crippen molar-refractivity contribution in [3.05, 3.63) is 0 Å². The van der Waals surface area contributed by atoms with Crippen molar-refractivity contribution in [2.45, 2.75) is 43.7 Å². The van der Waals surface area contributed by atoms with Crippen LogP contribution >= 0.6 is 11.8 Å². The van der Waals surface area contributed by atoms with Crippen LogP contribution in [-0.2, 0) is 4.79 Å². The maximum atomic E-state index is 12.5. The molecule has 2 aliphatic heterocycles. The highest BCUT2D eigenvalue weighted by atomic mass is 32.2. The van der Waals surface area contributed by atoms with E-state index in [0.717, 1.165) is 12.8 Å². The lowest BCUT2D eigenvalue weighted by Gasteiger charge is -2.36. The molecule has 0 spiro atoms. The second-order valence-corrected chi connectivity index (χ2v) is 6.19. The second-order valence-electron chi connectivity index (χ2n) is 4.98. The molecule has 2 saturated heterocycles. The van der Waals surface area contributed by atoms with Gasteiger partial charge in [-0.2, -0.15) is 0 Å². The summed E-state index contributed by atoms with van der Waals surface area (Å²) in [6.45, 7) is 2.86. The minimum Gasteiger partial charge on any atom is -0.480 e. The fourth-order valence-corrected chi connectivity index (χ4v) is 3.96. The van der Waals surface area contributed by atoms with Crippen LogP contribution in [0.1, 0.15) is 26.2 Å². The fourth-order valence-electron chi connectivity index (χ4n) is 2.62. The summed E-state index contributed by atoms with van der Waals surface area (Å²) in [5.74, 6) is -0.509. The van der Waals surface area contributed by atoms with Crippen molar-refractivity contribution >= 4 is 23.8 Å². The van der Waals surface area contributed by atoms with Crippen molar-refractivity contribution in [3.8, 4) is 0 Å². The SMILES string of the molecule is CCC1SCC(C(=O)O)N1C(=O)N1CCCC(O)C1. The normalized spacial score (nSPS) is 31.6. The van der Waals surface area contributed by atoms with Crippen LogP contribution < -0.4 is 0 Å². The standard InChI is InChI=1S/C12H20N2O4S/c1-2-10-14(9(7-19-10)11(16)17)12(18)13-5-3-4-8(15)6-13/h8-10,15H,2-7H2,1H3,(H,16,17). The largest absolute Gasteiger partial charge is 0.480 e. The predicted molar refractivity (Wildman–Crippen MR) is 72.0 cm³/mol. The third kappa shape index (κ3) is 2.97. The third-order valence-electron chi connectivity index (χ3n) is 3.61. The van der Waals surface area contributed by atoms with Crippen molar-refractivity contribution in [1.82, 2.24) is 9.80 Å². The van der Waals surface area contributed by atoms with Gasteiger partial charge >= 0.3 is 12.0 Å². The number of likely N-dealkylation sites (tertiary alicyclic amines) is 1. The van der Waals surface area contributed by atoms with Gasteiger partial charge in [0.2, 0.25) is 0 Å². The topological polar surface area (TPSA) is 81.1 Å². The van der Waals surface area contributed by atoms with Gasteiger partial charge in [-0.05, 0) is 19.3 Å². The first-order valence-electron chi connectivity index (χ1n) is 6.64. The van der Waals surface area contributed by atoms with Crippen molar-refractivity contribution in [1.29, 1.82) is 0 Å². The zero-order chi connectivity index (χ0) is 14.0. The Morgan fingerprint density at radius 1 is 1.42 bits per heavy atom. The number of carbonyl (C=O) groups is 2. The van der Waals surface area contributed by atoms with Gasteiger partial charge in [-0.25, -0.2) is 9.59 Å². The summed E-state index contributed by atoms with van der Waals surface area (Å²) in [6, 6.07) is -0.996. The highest BCUT2D eigenvalue weighted by Gasteiger charge is 2.43. The Balaban J connectivity index is 2.11. The molecule has 2 N–H and O–H groups in total. The van der Waals surface area contributed by atoms with Crippen LogP contribution in [0.25, 0.3) is 0 Å². The molecule has 2 heterocycles. The number of carboxylic acids is 1. The Hall–Kier alpha value is -0.950. The van der Waals surface area contributed by atoms with E-state index < -0.39 is 18.1 Å². The molecule has 2 aliphatic rings. The molecule has 6 nitrogen and oxygen atoms in total. The van der Waals surface area contributed by atoms with Crippen LogP contribution in [0.2, 0.25) is 0 Å². The molecule has 0 aromatic heterocycles. The van der Waals surface area contributed by atoms with Gasteiger partial charge in [0.25, 0.3) is 0 Å². The van der Waals surface area contributed by atoms with E-state index in [1.807, 2.05) is 6.92 Å². The Morgan fingerprint density at radius 3 is 2.74 bits per heavy atom. The first kappa shape index (κ1) is 14.5. The number of β-amino-alcohol motifs (C(OH)–C–C–N with tert-alkyl or cyclic N) is 1. The lowest BCUT2D eigenvalue weighted by atomic mass is 10.1. The Kier molecular flexibility index (Phi) is 4.57. The van der Waals surface area contributed by atoms with Crippen LogP contribution in [0.5, 0.6) is 0 Å². The van der Waals surface area contributed by atoms with E-state index >= 15 is 0 Å². The molecule has 2 rings (SSSR count). The van der Waals surface area contributed by atoms with Gasteiger partial charge in [-0.15, -0.1) is 11.8 Å².